The summed E-state index contributed by atoms with van der Waals surface area (Å²) in [5, 5.41) is 0. The third-order valence-corrected chi connectivity index (χ3v) is 5.56. The van der Waals surface area contributed by atoms with E-state index in [0.717, 1.165) is 17.5 Å². The summed E-state index contributed by atoms with van der Waals surface area (Å²) >= 11 is 0. The van der Waals surface area contributed by atoms with Gasteiger partial charge in [-0.3, -0.25) is 4.79 Å². The predicted octanol–water partition coefficient (Wildman–Crippen LogP) is 8.35. The fraction of sp³-hybridized carbons (Fsp3) is 0.464. The van der Waals surface area contributed by atoms with Gasteiger partial charge in [0.2, 0.25) is 0 Å². The molecule has 0 aliphatic rings. The average molecular weight is 391 g/mol. The molecule has 0 aliphatic heterocycles. The number of hydrogen-bond acceptors (Lipinski definition) is 1. The molecule has 2 rings (SSSR count). The highest BCUT2D eigenvalue weighted by Gasteiger charge is 2.02. The molecule has 0 fully saturated rings. The summed E-state index contributed by atoms with van der Waals surface area (Å²) in [6.07, 6.45) is 18.3. The first-order chi connectivity index (χ1) is 14.2. The molecule has 0 spiro atoms. The van der Waals surface area contributed by atoms with Crippen LogP contribution in [0.15, 0.2) is 54.6 Å². The quantitative estimate of drug-likeness (QED) is 0.180. The van der Waals surface area contributed by atoms with Gasteiger partial charge in [-0.25, -0.2) is 0 Å². The van der Waals surface area contributed by atoms with Crippen molar-refractivity contribution >= 4 is 11.9 Å². The molecule has 0 unspecified atom stereocenters. The van der Waals surface area contributed by atoms with Crippen LogP contribution < -0.4 is 0 Å². The molecular formula is C28H38O. The molecule has 0 aromatic heterocycles. The van der Waals surface area contributed by atoms with Crippen molar-refractivity contribution in [3.63, 3.8) is 0 Å². The molecule has 1 nitrogen and oxygen atoms in total. The van der Waals surface area contributed by atoms with Crippen LogP contribution in [0.4, 0.5) is 0 Å². The van der Waals surface area contributed by atoms with Crippen LogP contribution in [0.2, 0.25) is 0 Å². The van der Waals surface area contributed by atoms with Gasteiger partial charge in [-0.1, -0.05) is 125 Å². The SMILES string of the molecule is CCCCCCCCCCCCc1ccc(C(=O)C=Cc2ccc(C)cc2)cc1. The summed E-state index contributed by atoms with van der Waals surface area (Å²) in [5.74, 6) is 0.0658. The minimum absolute atomic E-state index is 0.0658. The number of carbonyl (C=O) groups is 1. The fourth-order valence-electron chi connectivity index (χ4n) is 3.60. The second-order valence-electron chi connectivity index (χ2n) is 8.24. The number of carbonyl (C=O) groups excluding carboxylic acids is 1. The van der Waals surface area contributed by atoms with Crippen LogP contribution in [-0.4, -0.2) is 5.78 Å². The van der Waals surface area contributed by atoms with Crippen LogP contribution in [0.3, 0.4) is 0 Å². The molecule has 0 N–H and O–H groups in total. The van der Waals surface area contributed by atoms with E-state index in [9.17, 15) is 4.79 Å². The Kier molecular flexibility index (Phi) is 11.1. The van der Waals surface area contributed by atoms with Gasteiger partial charge in [0, 0.05) is 5.56 Å². The van der Waals surface area contributed by atoms with Crippen molar-refractivity contribution in [2.24, 2.45) is 0 Å². The molecule has 2 aromatic carbocycles. The first kappa shape index (κ1) is 23.1. The molecule has 0 saturated carbocycles. The molecule has 0 aliphatic carbocycles. The van der Waals surface area contributed by atoms with E-state index >= 15 is 0 Å². The van der Waals surface area contributed by atoms with Gasteiger partial charge >= 0.3 is 0 Å². The van der Waals surface area contributed by atoms with Crippen LogP contribution in [-0.2, 0) is 6.42 Å². The number of ketones is 1. The third-order valence-electron chi connectivity index (χ3n) is 5.56. The van der Waals surface area contributed by atoms with Gasteiger partial charge in [-0.15, -0.1) is 0 Å². The number of rotatable bonds is 14. The summed E-state index contributed by atoms with van der Waals surface area (Å²) in [4.78, 5) is 12.4. The van der Waals surface area contributed by atoms with Gasteiger partial charge in [0.1, 0.15) is 0 Å². The van der Waals surface area contributed by atoms with Crippen molar-refractivity contribution in [2.75, 3.05) is 0 Å². The topological polar surface area (TPSA) is 17.1 Å². The molecule has 0 atom stereocenters. The molecule has 2 aromatic rings. The third kappa shape index (κ3) is 9.74. The monoisotopic (exact) mass is 390 g/mol. The van der Waals surface area contributed by atoms with Gasteiger partial charge in [-0.2, -0.15) is 0 Å². The molecule has 29 heavy (non-hydrogen) atoms. The van der Waals surface area contributed by atoms with Crippen molar-refractivity contribution in [1.82, 2.24) is 0 Å². The summed E-state index contributed by atoms with van der Waals surface area (Å²) in [6.45, 7) is 4.34. The van der Waals surface area contributed by atoms with Crippen molar-refractivity contribution < 1.29 is 4.79 Å². The van der Waals surface area contributed by atoms with Crippen molar-refractivity contribution in [3.8, 4) is 0 Å². The highest BCUT2D eigenvalue weighted by molar-refractivity contribution is 6.06. The minimum Gasteiger partial charge on any atom is -0.289 e. The molecule has 0 amide bonds. The zero-order valence-electron chi connectivity index (χ0n) is 18.5. The predicted molar refractivity (Wildman–Crippen MR) is 127 cm³/mol. The average Bonchev–Trinajstić information content (AvgIpc) is 2.75. The lowest BCUT2D eigenvalue weighted by Crippen LogP contribution is -1.95. The Morgan fingerprint density at radius 1 is 0.724 bits per heavy atom. The van der Waals surface area contributed by atoms with Crippen molar-refractivity contribution in [1.29, 1.82) is 0 Å². The minimum atomic E-state index is 0.0658. The molecule has 156 valence electrons. The lowest BCUT2D eigenvalue weighted by molar-refractivity contribution is 0.104. The van der Waals surface area contributed by atoms with E-state index in [0.29, 0.717) is 0 Å². The lowest BCUT2D eigenvalue weighted by atomic mass is 10.0. The summed E-state index contributed by atoms with van der Waals surface area (Å²) in [7, 11) is 0. The molecule has 1 heteroatoms. The number of unbranched alkanes of at least 4 members (excludes halogenated alkanes) is 9. The van der Waals surface area contributed by atoms with E-state index in [1.165, 1.54) is 75.3 Å². The van der Waals surface area contributed by atoms with E-state index in [1.807, 2.05) is 30.3 Å². The van der Waals surface area contributed by atoms with E-state index in [2.05, 4.69) is 38.1 Å². The first-order valence-corrected chi connectivity index (χ1v) is 11.6. The van der Waals surface area contributed by atoms with Gasteiger partial charge < -0.3 is 0 Å². The van der Waals surface area contributed by atoms with Crippen LogP contribution in [0.25, 0.3) is 6.08 Å². The molecule has 0 radical (unpaired) electrons. The Morgan fingerprint density at radius 3 is 1.86 bits per heavy atom. The number of aryl methyl sites for hydroxylation is 2. The number of hydrogen-bond donors (Lipinski definition) is 0. The highest BCUT2D eigenvalue weighted by atomic mass is 16.1. The van der Waals surface area contributed by atoms with E-state index < -0.39 is 0 Å². The van der Waals surface area contributed by atoms with Crippen molar-refractivity contribution in [3.05, 3.63) is 76.9 Å². The van der Waals surface area contributed by atoms with Crippen LogP contribution in [0.1, 0.15) is 98.2 Å². The van der Waals surface area contributed by atoms with Crippen LogP contribution >= 0.6 is 0 Å². The lowest BCUT2D eigenvalue weighted by Gasteiger charge is -2.04. The molecular weight excluding hydrogens is 352 g/mol. The fourth-order valence-corrected chi connectivity index (χ4v) is 3.60. The number of benzene rings is 2. The van der Waals surface area contributed by atoms with E-state index in [4.69, 9.17) is 0 Å². The van der Waals surface area contributed by atoms with Gasteiger partial charge in [0.25, 0.3) is 0 Å². The molecule has 0 bridgehead atoms. The van der Waals surface area contributed by atoms with Gasteiger partial charge in [-0.05, 0) is 37.0 Å². The Bertz CT molecular complexity index is 722. The normalized spacial score (nSPS) is 11.2. The zero-order valence-corrected chi connectivity index (χ0v) is 18.5. The van der Waals surface area contributed by atoms with Crippen molar-refractivity contribution in [2.45, 2.75) is 84.5 Å². The Balaban J connectivity index is 1.63. The summed E-state index contributed by atoms with van der Waals surface area (Å²) < 4.78 is 0. The van der Waals surface area contributed by atoms with Crippen LogP contribution in [0.5, 0.6) is 0 Å². The summed E-state index contributed by atoms with van der Waals surface area (Å²) in [5.41, 5.74) is 4.39. The smallest absolute Gasteiger partial charge is 0.185 e. The molecule has 0 heterocycles. The Hall–Kier alpha value is -2.15. The first-order valence-electron chi connectivity index (χ1n) is 11.6. The second-order valence-corrected chi connectivity index (χ2v) is 8.24. The Morgan fingerprint density at radius 2 is 1.28 bits per heavy atom. The Labute approximate surface area is 178 Å². The van der Waals surface area contributed by atoms with Gasteiger partial charge in [0.15, 0.2) is 5.78 Å². The summed E-state index contributed by atoms with van der Waals surface area (Å²) in [6, 6.07) is 16.4. The maximum Gasteiger partial charge on any atom is 0.185 e. The number of allylic oxidation sites excluding steroid dienone is 1. The van der Waals surface area contributed by atoms with Crippen LogP contribution in [0, 0.1) is 6.92 Å². The maximum absolute atomic E-state index is 12.4. The largest absolute Gasteiger partial charge is 0.289 e. The van der Waals surface area contributed by atoms with Gasteiger partial charge in [0.05, 0.1) is 0 Å². The second kappa shape index (κ2) is 13.9. The molecule has 0 saturated heterocycles. The zero-order chi connectivity index (χ0) is 20.7. The standard InChI is InChI=1S/C28H38O/c1-3-4-5-6-7-8-9-10-11-12-13-25-18-21-27(22-19-25)28(29)23-20-26-16-14-24(2)15-17-26/h14-23H,3-13H2,1-2H3. The maximum atomic E-state index is 12.4. The van der Waals surface area contributed by atoms with E-state index in [1.54, 1.807) is 6.08 Å². The highest BCUT2D eigenvalue weighted by Crippen LogP contribution is 2.14. The van der Waals surface area contributed by atoms with E-state index in [-0.39, 0.29) is 5.78 Å².